The monoisotopic (exact) mass is 391 g/mol. The van der Waals surface area contributed by atoms with E-state index in [4.69, 9.17) is 11.6 Å². The number of aromatic hydroxyl groups is 1. The second kappa shape index (κ2) is 7.37. The molecule has 0 atom stereocenters. The van der Waals surface area contributed by atoms with Crippen LogP contribution in [-0.4, -0.2) is 20.6 Å². The number of hydrogen-bond acceptors (Lipinski definition) is 3. The number of nitrogens with one attached hydrogen (secondary N) is 1. The van der Waals surface area contributed by atoms with Crippen LogP contribution in [0.1, 0.15) is 17.3 Å². The number of aryl methyl sites for hydroxylation is 1. The van der Waals surface area contributed by atoms with Crippen molar-refractivity contribution in [3.05, 3.63) is 77.4 Å². The summed E-state index contributed by atoms with van der Waals surface area (Å²) in [5.74, 6) is -0.0500. The minimum absolute atomic E-state index is 0.227. The maximum Gasteiger partial charge on any atom is 0.257 e. The number of nitrogens with zero attached hydrogens (tertiary/aromatic N) is 2. The average molecular weight is 392 g/mol. The molecule has 2 aromatic carbocycles. The van der Waals surface area contributed by atoms with Crippen molar-refractivity contribution in [1.29, 1.82) is 0 Å². The summed E-state index contributed by atoms with van der Waals surface area (Å²) < 4.78 is 2.10. The van der Waals surface area contributed by atoms with Gasteiger partial charge in [-0.1, -0.05) is 23.7 Å². The van der Waals surface area contributed by atoms with Crippen molar-refractivity contribution in [2.45, 2.75) is 13.5 Å². The second-order valence-corrected chi connectivity index (χ2v) is 6.80. The molecule has 140 valence electrons. The smallest absolute Gasteiger partial charge is 0.257 e. The highest BCUT2D eigenvalue weighted by atomic mass is 35.5. The summed E-state index contributed by atoms with van der Waals surface area (Å²) >= 11 is 6.10. The van der Waals surface area contributed by atoms with Gasteiger partial charge >= 0.3 is 0 Å². The summed E-state index contributed by atoms with van der Waals surface area (Å²) in [7, 11) is 0. The molecule has 0 saturated heterocycles. The minimum atomic E-state index is -0.277. The number of pyridine rings is 1. The van der Waals surface area contributed by atoms with Crippen LogP contribution in [-0.2, 0) is 6.54 Å². The Morgan fingerprint density at radius 1 is 1.14 bits per heavy atom. The number of fused-ring (bicyclic) bond motifs is 1. The normalized spacial score (nSPS) is 10.9. The van der Waals surface area contributed by atoms with Gasteiger partial charge in [-0.15, -0.1) is 0 Å². The van der Waals surface area contributed by atoms with Crippen LogP contribution in [0.25, 0.3) is 22.3 Å². The van der Waals surface area contributed by atoms with Crippen LogP contribution >= 0.6 is 11.6 Å². The van der Waals surface area contributed by atoms with Crippen molar-refractivity contribution in [2.75, 3.05) is 5.32 Å². The van der Waals surface area contributed by atoms with Crippen molar-refractivity contribution in [3.8, 4) is 17.0 Å². The topological polar surface area (TPSA) is 67.2 Å². The number of benzene rings is 2. The van der Waals surface area contributed by atoms with Gasteiger partial charge in [0.15, 0.2) is 0 Å². The highest BCUT2D eigenvalue weighted by molar-refractivity contribution is 6.34. The van der Waals surface area contributed by atoms with E-state index in [9.17, 15) is 9.90 Å². The molecule has 0 radical (unpaired) electrons. The Morgan fingerprint density at radius 2 is 1.89 bits per heavy atom. The second-order valence-electron chi connectivity index (χ2n) is 6.39. The summed E-state index contributed by atoms with van der Waals surface area (Å²) in [5, 5.41) is 13.7. The number of carbonyl (C=O) groups excluding carboxylic acids is 1. The molecule has 2 N–H and O–H groups in total. The first-order valence-corrected chi connectivity index (χ1v) is 9.29. The third-order valence-corrected chi connectivity index (χ3v) is 4.92. The number of hydrogen-bond donors (Lipinski definition) is 2. The molecule has 0 bridgehead atoms. The Morgan fingerprint density at radius 3 is 2.61 bits per heavy atom. The summed E-state index contributed by atoms with van der Waals surface area (Å²) in [6.45, 7) is 2.80. The first-order valence-electron chi connectivity index (χ1n) is 8.91. The molecule has 6 heteroatoms. The first-order chi connectivity index (χ1) is 13.6. The maximum atomic E-state index is 12.5. The number of carbonyl (C=O) groups is 1. The van der Waals surface area contributed by atoms with Crippen LogP contribution in [0.4, 0.5) is 5.69 Å². The largest absolute Gasteiger partial charge is 0.508 e. The SMILES string of the molecule is CCn1c(-c2ccc(O)cc2)cc2cc(NC(=O)c3ccccc3Cl)cnc21. The molecule has 0 aliphatic rings. The number of rotatable bonds is 4. The van der Waals surface area contributed by atoms with E-state index < -0.39 is 0 Å². The lowest BCUT2D eigenvalue weighted by Gasteiger charge is -2.08. The summed E-state index contributed by atoms with van der Waals surface area (Å²) in [6, 6.07) is 17.9. The van der Waals surface area contributed by atoms with Gasteiger partial charge in [0.25, 0.3) is 5.91 Å². The summed E-state index contributed by atoms with van der Waals surface area (Å²) in [5.41, 5.74) is 3.84. The predicted molar refractivity (Wildman–Crippen MR) is 112 cm³/mol. The van der Waals surface area contributed by atoms with Crippen molar-refractivity contribution in [1.82, 2.24) is 9.55 Å². The highest BCUT2D eigenvalue weighted by Crippen LogP contribution is 2.30. The third kappa shape index (κ3) is 3.32. The number of phenols is 1. The molecule has 0 aliphatic carbocycles. The van der Waals surface area contributed by atoms with E-state index in [1.807, 2.05) is 24.3 Å². The number of phenolic OH excluding ortho intramolecular Hbond substituents is 1. The van der Waals surface area contributed by atoms with E-state index >= 15 is 0 Å². The number of halogens is 1. The number of aromatic nitrogens is 2. The van der Waals surface area contributed by atoms with E-state index in [-0.39, 0.29) is 11.7 Å². The zero-order chi connectivity index (χ0) is 19.7. The minimum Gasteiger partial charge on any atom is -0.508 e. The molecule has 2 heterocycles. The Balaban J connectivity index is 1.70. The standard InChI is InChI=1S/C22H18ClN3O2/c1-2-26-20(14-7-9-17(27)10-8-14)12-15-11-16(13-24-21(15)26)25-22(28)18-5-3-4-6-19(18)23/h3-13,27H,2H2,1H3,(H,25,28). The fourth-order valence-electron chi connectivity index (χ4n) is 3.25. The highest BCUT2D eigenvalue weighted by Gasteiger charge is 2.14. The lowest BCUT2D eigenvalue weighted by atomic mass is 10.1. The molecule has 0 saturated carbocycles. The quantitative estimate of drug-likeness (QED) is 0.493. The van der Waals surface area contributed by atoms with E-state index in [0.29, 0.717) is 16.3 Å². The van der Waals surface area contributed by atoms with Crippen molar-refractivity contribution < 1.29 is 9.90 Å². The Bertz CT molecular complexity index is 1170. The Labute approximate surface area is 167 Å². The van der Waals surface area contributed by atoms with Gasteiger partial charge in [0.1, 0.15) is 11.4 Å². The van der Waals surface area contributed by atoms with Crippen LogP contribution in [0.15, 0.2) is 66.9 Å². The van der Waals surface area contributed by atoms with Crippen LogP contribution in [0.3, 0.4) is 0 Å². The fraction of sp³-hybridized carbons (Fsp3) is 0.0909. The molecule has 0 aliphatic heterocycles. The van der Waals surface area contributed by atoms with Crippen molar-refractivity contribution >= 4 is 34.2 Å². The van der Waals surface area contributed by atoms with E-state index in [1.165, 1.54) is 0 Å². The van der Waals surface area contributed by atoms with Crippen molar-refractivity contribution in [2.24, 2.45) is 0 Å². The van der Waals surface area contributed by atoms with Gasteiger partial charge in [-0.3, -0.25) is 4.79 Å². The number of amides is 1. The molecule has 1 amide bonds. The van der Waals surface area contributed by atoms with Crippen LogP contribution in [0.2, 0.25) is 5.02 Å². The van der Waals surface area contributed by atoms with Gasteiger partial charge in [0.2, 0.25) is 0 Å². The summed E-state index contributed by atoms with van der Waals surface area (Å²) in [4.78, 5) is 17.1. The number of anilines is 1. The lowest BCUT2D eigenvalue weighted by molar-refractivity contribution is 0.102. The molecule has 0 fully saturated rings. The van der Waals surface area contributed by atoms with Gasteiger partial charge in [-0.2, -0.15) is 0 Å². The Kier molecular flexibility index (Phi) is 4.75. The molecular formula is C22H18ClN3O2. The van der Waals surface area contributed by atoms with Crippen LogP contribution in [0, 0.1) is 0 Å². The zero-order valence-corrected chi connectivity index (χ0v) is 15.9. The first kappa shape index (κ1) is 18.1. The molecule has 2 aromatic heterocycles. The molecule has 4 rings (SSSR count). The van der Waals surface area contributed by atoms with E-state index in [0.717, 1.165) is 28.8 Å². The fourth-order valence-corrected chi connectivity index (χ4v) is 3.47. The van der Waals surface area contributed by atoms with Gasteiger partial charge < -0.3 is 15.0 Å². The van der Waals surface area contributed by atoms with E-state index in [2.05, 4.69) is 21.8 Å². The zero-order valence-electron chi connectivity index (χ0n) is 15.2. The van der Waals surface area contributed by atoms with Gasteiger partial charge in [0, 0.05) is 11.9 Å². The lowest BCUT2D eigenvalue weighted by Crippen LogP contribution is -2.12. The van der Waals surface area contributed by atoms with Crippen LogP contribution < -0.4 is 5.32 Å². The Hall–Kier alpha value is -3.31. The van der Waals surface area contributed by atoms with Gasteiger partial charge in [-0.05, 0) is 61.0 Å². The predicted octanol–water partition coefficient (Wildman–Crippen LogP) is 5.33. The molecular weight excluding hydrogens is 374 g/mol. The van der Waals surface area contributed by atoms with Crippen molar-refractivity contribution in [3.63, 3.8) is 0 Å². The molecule has 0 spiro atoms. The van der Waals surface area contributed by atoms with Crippen LogP contribution in [0.5, 0.6) is 5.75 Å². The maximum absolute atomic E-state index is 12.5. The molecule has 5 nitrogen and oxygen atoms in total. The van der Waals surface area contributed by atoms with E-state index in [1.54, 1.807) is 42.6 Å². The third-order valence-electron chi connectivity index (χ3n) is 4.59. The molecule has 0 unspecified atom stereocenters. The molecule has 4 aromatic rings. The molecule has 28 heavy (non-hydrogen) atoms. The van der Waals surface area contributed by atoms with Gasteiger partial charge in [0.05, 0.1) is 28.2 Å². The van der Waals surface area contributed by atoms with Gasteiger partial charge in [-0.25, -0.2) is 4.98 Å². The summed E-state index contributed by atoms with van der Waals surface area (Å²) in [6.07, 6.45) is 1.64. The average Bonchev–Trinajstić information content (AvgIpc) is 3.06.